The van der Waals surface area contributed by atoms with E-state index in [4.69, 9.17) is 4.74 Å². The zero-order chi connectivity index (χ0) is 18.1. The fourth-order valence-corrected chi connectivity index (χ4v) is 3.33. The second kappa shape index (κ2) is 10.3. The largest absolute Gasteiger partial charge is 0.496 e. The van der Waals surface area contributed by atoms with E-state index in [1.165, 1.54) is 24.8 Å². The molecule has 0 radical (unpaired) electrons. The molecule has 0 spiro atoms. The molecule has 2 unspecified atom stereocenters. The number of nitrogens with zero attached hydrogens (tertiary/aromatic N) is 2. The first-order chi connectivity index (χ1) is 12.2. The lowest BCUT2D eigenvalue weighted by atomic mass is 10.0. The molecule has 1 fully saturated rings. The molecule has 0 amide bonds. The number of ether oxygens (including phenoxy) is 1. The van der Waals surface area contributed by atoms with Crippen molar-refractivity contribution < 1.29 is 4.74 Å². The molecule has 0 aromatic heterocycles. The monoisotopic (exact) mass is 346 g/mol. The van der Waals surface area contributed by atoms with E-state index in [1.807, 2.05) is 13.1 Å². The van der Waals surface area contributed by atoms with Gasteiger partial charge in [0.25, 0.3) is 0 Å². The smallest absolute Gasteiger partial charge is 0.191 e. The molecule has 2 atom stereocenters. The van der Waals surface area contributed by atoms with Crippen LogP contribution in [0.1, 0.15) is 51.1 Å². The summed E-state index contributed by atoms with van der Waals surface area (Å²) in [7, 11) is 3.58. The van der Waals surface area contributed by atoms with Crippen molar-refractivity contribution in [3.63, 3.8) is 0 Å². The van der Waals surface area contributed by atoms with Crippen LogP contribution in [0, 0.1) is 0 Å². The number of benzene rings is 1. The van der Waals surface area contributed by atoms with Gasteiger partial charge in [0.1, 0.15) is 5.75 Å². The molecule has 1 aromatic carbocycles. The Morgan fingerprint density at radius 1 is 1.24 bits per heavy atom. The number of likely N-dealkylation sites (tertiary alicyclic amines) is 1. The van der Waals surface area contributed by atoms with Crippen LogP contribution in [0.2, 0.25) is 0 Å². The lowest BCUT2D eigenvalue weighted by Crippen LogP contribution is -2.46. The van der Waals surface area contributed by atoms with Crippen LogP contribution in [0.15, 0.2) is 29.3 Å². The molecular weight excluding hydrogens is 312 g/mol. The maximum Gasteiger partial charge on any atom is 0.191 e. The van der Waals surface area contributed by atoms with Crippen molar-refractivity contribution >= 4 is 5.96 Å². The molecule has 0 saturated carbocycles. The van der Waals surface area contributed by atoms with Gasteiger partial charge in [0.15, 0.2) is 5.96 Å². The van der Waals surface area contributed by atoms with Crippen molar-refractivity contribution in [1.82, 2.24) is 15.5 Å². The third kappa shape index (κ3) is 5.63. The van der Waals surface area contributed by atoms with Crippen LogP contribution >= 0.6 is 0 Å². The number of hydrogen-bond acceptors (Lipinski definition) is 3. The summed E-state index contributed by atoms with van der Waals surface area (Å²) in [6.07, 6.45) is 4.94. The summed E-state index contributed by atoms with van der Waals surface area (Å²) in [5, 5.41) is 6.97. The highest BCUT2D eigenvalue weighted by molar-refractivity contribution is 5.80. The van der Waals surface area contributed by atoms with Gasteiger partial charge < -0.3 is 15.4 Å². The Labute approximate surface area is 152 Å². The number of hydrogen-bond donors (Lipinski definition) is 2. The molecule has 0 aliphatic carbocycles. The third-order valence-electron chi connectivity index (χ3n) is 5.01. The van der Waals surface area contributed by atoms with E-state index in [0.29, 0.717) is 6.04 Å². The maximum absolute atomic E-state index is 5.63. The SMILES string of the molecule is CCC(C)NC(=NC)NCC(c1ccccc1OC)N1CCCCC1. The number of aliphatic imine (C=N–C) groups is 1. The zero-order valence-electron chi connectivity index (χ0n) is 16.2. The Morgan fingerprint density at radius 2 is 1.96 bits per heavy atom. The van der Waals surface area contributed by atoms with Crippen molar-refractivity contribution in [3.05, 3.63) is 29.8 Å². The minimum absolute atomic E-state index is 0.284. The van der Waals surface area contributed by atoms with Gasteiger partial charge in [-0.25, -0.2) is 0 Å². The van der Waals surface area contributed by atoms with Crippen LogP contribution in [-0.4, -0.2) is 50.7 Å². The van der Waals surface area contributed by atoms with Crippen LogP contribution in [0.3, 0.4) is 0 Å². The molecule has 1 aromatic rings. The van der Waals surface area contributed by atoms with E-state index in [9.17, 15) is 0 Å². The number of guanidine groups is 1. The second-order valence-corrected chi connectivity index (χ2v) is 6.76. The molecule has 2 rings (SSSR count). The molecule has 1 saturated heterocycles. The summed E-state index contributed by atoms with van der Waals surface area (Å²) in [5.74, 6) is 1.83. The summed E-state index contributed by atoms with van der Waals surface area (Å²) in [6, 6.07) is 9.06. The standard InChI is InChI=1S/C20H34N4O/c1-5-16(2)23-20(21-3)22-15-18(24-13-9-6-10-14-24)17-11-7-8-12-19(17)25-4/h7-8,11-12,16,18H,5-6,9-10,13-15H2,1-4H3,(H2,21,22,23). The molecule has 1 aliphatic rings. The lowest BCUT2D eigenvalue weighted by Gasteiger charge is -2.36. The van der Waals surface area contributed by atoms with Crippen molar-refractivity contribution in [2.75, 3.05) is 33.8 Å². The van der Waals surface area contributed by atoms with Gasteiger partial charge in [0, 0.05) is 25.2 Å². The van der Waals surface area contributed by atoms with Gasteiger partial charge in [-0.2, -0.15) is 0 Å². The van der Waals surface area contributed by atoms with E-state index < -0.39 is 0 Å². The Balaban J connectivity index is 2.14. The summed E-state index contributed by atoms with van der Waals surface area (Å²) in [4.78, 5) is 6.95. The number of piperidine rings is 1. The van der Waals surface area contributed by atoms with E-state index in [2.05, 4.69) is 52.6 Å². The Bertz CT molecular complexity index is 540. The second-order valence-electron chi connectivity index (χ2n) is 6.76. The predicted molar refractivity (Wildman–Crippen MR) is 105 cm³/mol. The molecule has 5 nitrogen and oxygen atoms in total. The molecule has 1 aliphatic heterocycles. The number of rotatable bonds is 7. The average molecular weight is 347 g/mol. The van der Waals surface area contributed by atoms with Crippen LogP contribution in [0.25, 0.3) is 0 Å². The Morgan fingerprint density at radius 3 is 2.60 bits per heavy atom. The van der Waals surface area contributed by atoms with Crippen molar-refractivity contribution in [3.8, 4) is 5.75 Å². The first-order valence-corrected chi connectivity index (χ1v) is 9.53. The zero-order valence-corrected chi connectivity index (χ0v) is 16.2. The molecular formula is C20H34N4O. The van der Waals surface area contributed by atoms with Gasteiger partial charge in [0.2, 0.25) is 0 Å². The summed E-state index contributed by atoms with van der Waals surface area (Å²) >= 11 is 0. The third-order valence-corrected chi connectivity index (χ3v) is 5.01. The number of methoxy groups -OCH3 is 1. The molecule has 2 N–H and O–H groups in total. The van der Waals surface area contributed by atoms with Gasteiger partial charge in [-0.1, -0.05) is 31.5 Å². The Kier molecular flexibility index (Phi) is 8.06. The Hall–Kier alpha value is -1.75. The number of nitrogens with one attached hydrogen (secondary N) is 2. The van der Waals surface area contributed by atoms with Gasteiger partial charge in [-0.3, -0.25) is 9.89 Å². The molecule has 25 heavy (non-hydrogen) atoms. The van der Waals surface area contributed by atoms with Crippen LogP contribution in [0.5, 0.6) is 5.75 Å². The summed E-state index contributed by atoms with van der Waals surface area (Å²) in [6.45, 7) is 7.45. The fraction of sp³-hybridized carbons (Fsp3) is 0.650. The van der Waals surface area contributed by atoms with Crippen LogP contribution < -0.4 is 15.4 Å². The van der Waals surface area contributed by atoms with Gasteiger partial charge in [-0.15, -0.1) is 0 Å². The highest BCUT2D eigenvalue weighted by Gasteiger charge is 2.25. The van der Waals surface area contributed by atoms with Crippen molar-refractivity contribution in [2.45, 2.75) is 51.6 Å². The number of para-hydroxylation sites is 1. The van der Waals surface area contributed by atoms with E-state index in [1.54, 1.807) is 7.11 Å². The van der Waals surface area contributed by atoms with Gasteiger partial charge >= 0.3 is 0 Å². The quantitative estimate of drug-likeness (QED) is 0.588. The highest BCUT2D eigenvalue weighted by Crippen LogP contribution is 2.30. The normalized spacial score (nSPS) is 18.5. The maximum atomic E-state index is 5.63. The highest BCUT2D eigenvalue weighted by atomic mass is 16.5. The molecule has 5 heteroatoms. The van der Waals surface area contributed by atoms with Gasteiger partial charge in [0.05, 0.1) is 13.2 Å². The van der Waals surface area contributed by atoms with Gasteiger partial charge in [-0.05, 0) is 45.3 Å². The van der Waals surface area contributed by atoms with Crippen LogP contribution in [-0.2, 0) is 0 Å². The first kappa shape index (κ1) is 19.6. The van der Waals surface area contributed by atoms with E-state index in [-0.39, 0.29) is 6.04 Å². The molecule has 140 valence electrons. The lowest BCUT2D eigenvalue weighted by molar-refractivity contribution is 0.161. The topological polar surface area (TPSA) is 48.9 Å². The summed E-state index contributed by atoms with van der Waals surface area (Å²) in [5.41, 5.74) is 1.25. The fourth-order valence-electron chi connectivity index (χ4n) is 3.33. The van der Waals surface area contributed by atoms with E-state index in [0.717, 1.165) is 37.8 Å². The average Bonchev–Trinajstić information content (AvgIpc) is 2.68. The minimum atomic E-state index is 0.284. The minimum Gasteiger partial charge on any atom is -0.496 e. The predicted octanol–water partition coefficient (Wildman–Crippen LogP) is 3.19. The van der Waals surface area contributed by atoms with E-state index >= 15 is 0 Å². The molecule has 0 bridgehead atoms. The summed E-state index contributed by atoms with van der Waals surface area (Å²) < 4.78 is 5.63. The van der Waals surface area contributed by atoms with Crippen molar-refractivity contribution in [2.24, 2.45) is 4.99 Å². The van der Waals surface area contributed by atoms with Crippen molar-refractivity contribution in [1.29, 1.82) is 0 Å². The molecule has 1 heterocycles. The van der Waals surface area contributed by atoms with Crippen LogP contribution in [0.4, 0.5) is 0 Å². The first-order valence-electron chi connectivity index (χ1n) is 9.53.